The van der Waals surface area contributed by atoms with Crippen LogP contribution in [0.3, 0.4) is 0 Å². The fourth-order valence-corrected chi connectivity index (χ4v) is 1.86. The van der Waals surface area contributed by atoms with Crippen molar-refractivity contribution in [1.29, 1.82) is 0 Å². The summed E-state index contributed by atoms with van der Waals surface area (Å²) in [6.45, 7) is 11.6. The van der Waals surface area contributed by atoms with Crippen LogP contribution in [0.5, 0.6) is 0 Å². The predicted molar refractivity (Wildman–Crippen MR) is 73.2 cm³/mol. The first-order chi connectivity index (χ1) is 7.84. The van der Waals surface area contributed by atoms with Crippen LogP contribution in [0.25, 0.3) is 0 Å². The molecule has 1 unspecified atom stereocenters. The molecule has 17 heavy (non-hydrogen) atoms. The van der Waals surface area contributed by atoms with E-state index in [4.69, 9.17) is 0 Å². The van der Waals surface area contributed by atoms with Gasteiger partial charge in [-0.2, -0.15) is 0 Å². The van der Waals surface area contributed by atoms with Gasteiger partial charge in [0.15, 0.2) is 0 Å². The predicted octanol–water partition coefficient (Wildman–Crippen LogP) is 2.97. The molecule has 0 heterocycles. The molecule has 2 N–H and O–H groups in total. The summed E-state index contributed by atoms with van der Waals surface area (Å²) in [7, 11) is 0. The zero-order valence-electron chi connectivity index (χ0n) is 11.7. The van der Waals surface area contributed by atoms with Crippen molar-refractivity contribution in [3.05, 3.63) is 34.9 Å². The fourth-order valence-electron chi connectivity index (χ4n) is 1.86. The molecule has 0 bridgehead atoms. The van der Waals surface area contributed by atoms with Gasteiger partial charge in [-0.05, 0) is 26.3 Å². The third-order valence-corrected chi connectivity index (χ3v) is 3.06. The summed E-state index contributed by atoms with van der Waals surface area (Å²) in [5.74, 6) is 0. The SMILES string of the molecule is Cc1cc(C)cc(C(C)NCC(C)(C)CO)c1. The first-order valence-corrected chi connectivity index (χ1v) is 6.26. The summed E-state index contributed by atoms with van der Waals surface area (Å²) in [6, 6.07) is 6.95. The molecule has 0 aliphatic carbocycles. The minimum atomic E-state index is -0.0624. The number of nitrogens with one attached hydrogen (secondary N) is 1. The van der Waals surface area contributed by atoms with Gasteiger partial charge in [-0.1, -0.05) is 43.2 Å². The Bertz CT molecular complexity index is 351. The first-order valence-electron chi connectivity index (χ1n) is 6.26. The second kappa shape index (κ2) is 5.65. The van der Waals surface area contributed by atoms with Gasteiger partial charge < -0.3 is 10.4 Å². The molecule has 0 spiro atoms. The third-order valence-electron chi connectivity index (χ3n) is 3.06. The number of hydrogen-bond donors (Lipinski definition) is 2. The minimum absolute atomic E-state index is 0.0624. The van der Waals surface area contributed by atoms with Crippen LogP contribution >= 0.6 is 0 Å². The van der Waals surface area contributed by atoms with Gasteiger partial charge in [0.05, 0.1) is 0 Å². The van der Waals surface area contributed by atoms with Crippen molar-refractivity contribution < 1.29 is 5.11 Å². The van der Waals surface area contributed by atoms with Crippen molar-refractivity contribution in [2.45, 2.75) is 40.7 Å². The quantitative estimate of drug-likeness (QED) is 0.822. The van der Waals surface area contributed by atoms with Crippen molar-refractivity contribution in [1.82, 2.24) is 5.32 Å². The Morgan fingerprint density at radius 2 is 1.71 bits per heavy atom. The highest BCUT2D eigenvalue weighted by Crippen LogP contribution is 2.19. The molecule has 1 aromatic rings. The van der Waals surface area contributed by atoms with Crippen molar-refractivity contribution in [3.63, 3.8) is 0 Å². The van der Waals surface area contributed by atoms with Crippen LogP contribution in [0.4, 0.5) is 0 Å². The zero-order valence-corrected chi connectivity index (χ0v) is 11.7. The lowest BCUT2D eigenvalue weighted by Gasteiger charge is -2.25. The monoisotopic (exact) mass is 235 g/mol. The zero-order chi connectivity index (χ0) is 13.1. The van der Waals surface area contributed by atoms with Gasteiger partial charge in [-0.3, -0.25) is 0 Å². The van der Waals surface area contributed by atoms with Gasteiger partial charge in [-0.25, -0.2) is 0 Å². The second-order valence-electron chi connectivity index (χ2n) is 5.85. The number of aryl methyl sites for hydroxylation is 2. The summed E-state index contributed by atoms with van der Waals surface area (Å²) in [5, 5.41) is 12.7. The van der Waals surface area contributed by atoms with Crippen LogP contribution < -0.4 is 5.32 Å². The molecule has 1 atom stereocenters. The molecule has 0 aliphatic rings. The lowest BCUT2D eigenvalue weighted by molar-refractivity contribution is 0.154. The van der Waals surface area contributed by atoms with E-state index >= 15 is 0 Å². The molecule has 0 fully saturated rings. The highest BCUT2D eigenvalue weighted by molar-refractivity contribution is 5.30. The average molecular weight is 235 g/mol. The van der Waals surface area contributed by atoms with Gasteiger partial charge in [0, 0.05) is 24.6 Å². The van der Waals surface area contributed by atoms with Crippen molar-refractivity contribution in [3.8, 4) is 0 Å². The van der Waals surface area contributed by atoms with E-state index < -0.39 is 0 Å². The second-order valence-corrected chi connectivity index (χ2v) is 5.85. The fraction of sp³-hybridized carbons (Fsp3) is 0.600. The lowest BCUT2D eigenvalue weighted by Crippen LogP contribution is -2.33. The molecule has 1 aromatic carbocycles. The van der Waals surface area contributed by atoms with E-state index in [0.29, 0.717) is 6.04 Å². The Kier molecular flexibility index (Phi) is 4.72. The van der Waals surface area contributed by atoms with Gasteiger partial charge >= 0.3 is 0 Å². The van der Waals surface area contributed by atoms with Gasteiger partial charge in [0.2, 0.25) is 0 Å². The number of aliphatic hydroxyl groups is 1. The van der Waals surface area contributed by atoms with Crippen LogP contribution in [0.15, 0.2) is 18.2 Å². The molecule has 2 nitrogen and oxygen atoms in total. The summed E-state index contributed by atoms with van der Waals surface area (Å²) in [6.07, 6.45) is 0. The number of rotatable bonds is 5. The summed E-state index contributed by atoms with van der Waals surface area (Å²) in [4.78, 5) is 0. The van der Waals surface area contributed by atoms with Gasteiger partial charge in [-0.15, -0.1) is 0 Å². The standard InChI is InChI=1S/C15H25NO/c1-11-6-12(2)8-14(7-11)13(3)16-9-15(4,5)10-17/h6-8,13,16-17H,9-10H2,1-5H3. The van der Waals surface area contributed by atoms with E-state index in [2.05, 4.69) is 58.1 Å². The molecule has 0 saturated heterocycles. The highest BCUT2D eigenvalue weighted by atomic mass is 16.3. The van der Waals surface area contributed by atoms with Crippen LogP contribution in [-0.4, -0.2) is 18.3 Å². The first kappa shape index (κ1) is 14.2. The molecule has 0 aliphatic heterocycles. The van der Waals surface area contributed by atoms with Crippen LogP contribution in [-0.2, 0) is 0 Å². The highest BCUT2D eigenvalue weighted by Gasteiger charge is 2.17. The molecule has 0 saturated carbocycles. The Hall–Kier alpha value is -0.860. The topological polar surface area (TPSA) is 32.3 Å². The largest absolute Gasteiger partial charge is 0.396 e. The Morgan fingerprint density at radius 1 is 1.18 bits per heavy atom. The van der Waals surface area contributed by atoms with Crippen LogP contribution in [0, 0.1) is 19.3 Å². The molecular weight excluding hydrogens is 210 g/mol. The molecule has 0 aromatic heterocycles. The van der Waals surface area contributed by atoms with E-state index in [1.54, 1.807) is 0 Å². The summed E-state index contributed by atoms with van der Waals surface area (Å²) < 4.78 is 0. The van der Waals surface area contributed by atoms with Crippen LogP contribution in [0.2, 0.25) is 0 Å². The average Bonchev–Trinajstić information content (AvgIpc) is 2.24. The maximum Gasteiger partial charge on any atom is 0.0494 e. The molecule has 0 radical (unpaired) electrons. The van der Waals surface area contributed by atoms with E-state index in [-0.39, 0.29) is 12.0 Å². The van der Waals surface area contributed by atoms with Crippen molar-refractivity contribution in [2.75, 3.05) is 13.2 Å². The number of benzene rings is 1. The minimum Gasteiger partial charge on any atom is -0.396 e. The lowest BCUT2D eigenvalue weighted by atomic mass is 9.94. The number of aliphatic hydroxyl groups excluding tert-OH is 1. The van der Waals surface area contributed by atoms with E-state index in [1.807, 2.05) is 0 Å². The molecular formula is C15H25NO. The molecule has 1 rings (SSSR count). The maximum absolute atomic E-state index is 9.23. The summed E-state index contributed by atoms with van der Waals surface area (Å²) >= 11 is 0. The van der Waals surface area contributed by atoms with Gasteiger partial charge in [0.1, 0.15) is 0 Å². The van der Waals surface area contributed by atoms with Crippen LogP contribution in [0.1, 0.15) is 43.5 Å². The van der Waals surface area contributed by atoms with Crippen molar-refractivity contribution in [2.24, 2.45) is 5.41 Å². The van der Waals surface area contributed by atoms with E-state index in [9.17, 15) is 5.11 Å². The number of hydrogen-bond acceptors (Lipinski definition) is 2. The third kappa shape index (κ3) is 4.49. The molecule has 2 heteroatoms. The van der Waals surface area contributed by atoms with E-state index in [1.165, 1.54) is 16.7 Å². The summed E-state index contributed by atoms with van der Waals surface area (Å²) in [5.41, 5.74) is 3.86. The Morgan fingerprint density at radius 3 is 2.18 bits per heavy atom. The Labute approximate surface area is 105 Å². The van der Waals surface area contributed by atoms with E-state index in [0.717, 1.165) is 6.54 Å². The maximum atomic E-state index is 9.23. The van der Waals surface area contributed by atoms with Gasteiger partial charge in [0.25, 0.3) is 0 Å². The van der Waals surface area contributed by atoms with Crippen molar-refractivity contribution >= 4 is 0 Å². The molecule has 96 valence electrons. The Balaban J connectivity index is 2.67. The normalized spacial score (nSPS) is 13.8. The smallest absolute Gasteiger partial charge is 0.0494 e. The molecule has 0 amide bonds.